The number of aromatic hydroxyl groups is 1. The molecule has 0 amide bonds. The summed E-state index contributed by atoms with van der Waals surface area (Å²) in [6.45, 7) is 2.03. The zero-order valence-corrected chi connectivity index (χ0v) is 11.2. The summed E-state index contributed by atoms with van der Waals surface area (Å²) in [4.78, 5) is 4.31. The molecular formula is C17H16N2O. The van der Waals surface area contributed by atoms with E-state index in [9.17, 15) is 5.11 Å². The molecule has 0 aliphatic carbocycles. The maximum absolute atomic E-state index is 9.88. The lowest BCUT2D eigenvalue weighted by Gasteiger charge is -2.17. The summed E-state index contributed by atoms with van der Waals surface area (Å²) in [5.41, 5.74) is 2.88. The molecule has 0 spiro atoms. The van der Waals surface area contributed by atoms with Crippen molar-refractivity contribution >= 4 is 16.6 Å². The molecule has 1 aromatic heterocycles. The van der Waals surface area contributed by atoms with Gasteiger partial charge in [0.05, 0.1) is 11.6 Å². The third-order valence-electron chi connectivity index (χ3n) is 3.39. The molecule has 2 aromatic carbocycles. The van der Waals surface area contributed by atoms with E-state index in [0.717, 1.165) is 22.2 Å². The number of phenols is 1. The van der Waals surface area contributed by atoms with Crippen LogP contribution in [0.4, 0.5) is 5.69 Å². The first-order valence-corrected chi connectivity index (χ1v) is 6.63. The highest BCUT2D eigenvalue weighted by atomic mass is 16.3. The molecule has 3 rings (SSSR count). The number of nitrogens with one attached hydrogen (secondary N) is 1. The molecule has 0 fully saturated rings. The molecule has 0 bridgehead atoms. The van der Waals surface area contributed by atoms with Gasteiger partial charge in [-0.1, -0.05) is 24.3 Å². The highest BCUT2D eigenvalue weighted by molar-refractivity contribution is 5.82. The van der Waals surface area contributed by atoms with Crippen molar-refractivity contribution in [3.63, 3.8) is 0 Å². The van der Waals surface area contributed by atoms with Gasteiger partial charge in [-0.25, -0.2) is 0 Å². The quantitative estimate of drug-likeness (QED) is 0.748. The van der Waals surface area contributed by atoms with E-state index in [0.29, 0.717) is 5.75 Å². The van der Waals surface area contributed by atoms with Crippen molar-refractivity contribution in [2.45, 2.75) is 13.0 Å². The Hall–Kier alpha value is -2.55. The maximum atomic E-state index is 9.88. The minimum Gasteiger partial charge on any atom is -0.508 e. The van der Waals surface area contributed by atoms with Crippen LogP contribution < -0.4 is 5.32 Å². The number of anilines is 1. The third kappa shape index (κ3) is 2.43. The molecule has 20 heavy (non-hydrogen) atoms. The molecule has 0 aliphatic rings. The van der Waals surface area contributed by atoms with Crippen LogP contribution in [-0.4, -0.2) is 10.1 Å². The highest BCUT2D eigenvalue weighted by Crippen LogP contribution is 2.27. The Morgan fingerprint density at radius 1 is 1.05 bits per heavy atom. The lowest BCUT2D eigenvalue weighted by Crippen LogP contribution is -2.06. The fraction of sp³-hybridized carbons (Fsp3) is 0.118. The second-order valence-corrected chi connectivity index (χ2v) is 4.84. The van der Waals surface area contributed by atoms with Crippen LogP contribution in [0, 0.1) is 0 Å². The van der Waals surface area contributed by atoms with Crippen LogP contribution >= 0.6 is 0 Å². The third-order valence-corrected chi connectivity index (χ3v) is 3.39. The molecule has 3 heteroatoms. The van der Waals surface area contributed by atoms with Crippen LogP contribution in [0.5, 0.6) is 5.75 Å². The highest BCUT2D eigenvalue weighted by Gasteiger charge is 2.09. The fourth-order valence-electron chi connectivity index (χ4n) is 2.35. The SMILES string of the molecule is CC(Nc1ccc2ncccc2c1)c1ccccc1O. The number of phenolic OH excluding ortho intramolecular Hbond substituents is 1. The normalized spacial score (nSPS) is 12.2. The van der Waals surface area contributed by atoms with Crippen LogP contribution in [0.25, 0.3) is 10.9 Å². The average molecular weight is 264 g/mol. The smallest absolute Gasteiger partial charge is 0.120 e. The van der Waals surface area contributed by atoms with Crippen molar-refractivity contribution in [3.05, 3.63) is 66.4 Å². The Kier molecular flexibility index (Phi) is 3.25. The minimum absolute atomic E-state index is 0.0327. The van der Waals surface area contributed by atoms with E-state index in [1.165, 1.54) is 0 Å². The molecule has 3 aromatic rings. The molecule has 100 valence electrons. The molecule has 0 radical (unpaired) electrons. The Morgan fingerprint density at radius 2 is 1.90 bits per heavy atom. The standard InChI is InChI=1S/C17H16N2O/c1-12(15-6-2-3-7-17(15)20)19-14-8-9-16-13(11-14)5-4-10-18-16/h2-12,19-20H,1H3. The zero-order valence-electron chi connectivity index (χ0n) is 11.2. The van der Waals surface area contributed by atoms with Crippen LogP contribution in [0.1, 0.15) is 18.5 Å². The largest absolute Gasteiger partial charge is 0.508 e. The van der Waals surface area contributed by atoms with Crippen molar-refractivity contribution in [2.75, 3.05) is 5.32 Å². The number of pyridine rings is 1. The van der Waals surface area contributed by atoms with Crippen molar-refractivity contribution in [3.8, 4) is 5.75 Å². The van der Waals surface area contributed by atoms with E-state index in [1.807, 2.05) is 49.4 Å². The Bertz CT molecular complexity index is 740. The van der Waals surface area contributed by atoms with Gasteiger partial charge in [0.2, 0.25) is 0 Å². The van der Waals surface area contributed by atoms with Gasteiger partial charge >= 0.3 is 0 Å². The molecule has 1 atom stereocenters. The van der Waals surface area contributed by atoms with Gasteiger partial charge in [0.1, 0.15) is 5.75 Å². The summed E-state index contributed by atoms with van der Waals surface area (Å²) in [6.07, 6.45) is 1.79. The number of nitrogens with zero attached hydrogens (tertiary/aromatic N) is 1. The van der Waals surface area contributed by atoms with Gasteiger partial charge < -0.3 is 10.4 Å². The van der Waals surface area contributed by atoms with Gasteiger partial charge in [0, 0.05) is 22.8 Å². The van der Waals surface area contributed by atoms with Gasteiger partial charge in [-0.3, -0.25) is 4.98 Å². The van der Waals surface area contributed by atoms with Gasteiger partial charge in [-0.05, 0) is 37.3 Å². The van der Waals surface area contributed by atoms with E-state index in [4.69, 9.17) is 0 Å². The fourth-order valence-corrected chi connectivity index (χ4v) is 2.35. The molecular weight excluding hydrogens is 248 g/mol. The van der Waals surface area contributed by atoms with Gasteiger partial charge in [-0.15, -0.1) is 0 Å². The van der Waals surface area contributed by atoms with Crippen LogP contribution in [0.15, 0.2) is 60.8 Å². The maximum Gasteiger partial charge on any atom is 0.120 e. The monoisotopic (exact) mass is 264 g/mol. The lowest BCUT2D eigenvalue weighted by atomic mass is 10.1. The summed E-state index contributed by atoms with van der Waals surface area (Å²) >= 11 is 0. The number of fused-ring (bicyclic) bond motifs is 1. The van der Waals surface area contributed by atoms with Crippen molar-refractivity contribution in [2.24, 2.45) is 0 Å². The van der Waals surface area contributed by atoms with E-state index in [1.54, 1.807) is 12.3 Å². The topological polar surface area (TPSA) is 45.2 Å². The first-order chi connectivity index (χ1) is 9.74. The lowest BCUT2D eigenvalue weighted by molar-refractivity contribution is 0.465. The van der Waals surface area contributed by atoms with Gasteiger partial charge in [0.15, 0.2) is 0 Å². The first kappa shape index (κ1) is 12.5. The Morgan fingerprint density at radius 3 is 2.75 bits per heavy atom. The number of aromatic nitrogens is 1. The molecule has 0 saturated carbocycles. The van der Waals surface area contributed by atoms with E-state index < -0.39 is 0 Å². The second-order valence-electron chi connectivity index (χ2n) is 4.84. The predicted octanol–water partition coefficient (Wildman–Crippen LogP) is 4.11. The van der Waals surface area contributed by atoms with E-state index >= 15 is 0 Å². The average Bonchev–Trinajstić information content (AvgIpc) is 2.47. The van der Waals surface area contributed by atoms with Crippen LogP contribution in [0.2, 0.25) is 0 Å². The predicted molar refractivity (Wildman–Crippen MR) is 81.9 cm³/mol. The minimum atomic E-state index is 0.0327. The number of hydrogen-bond donors (Lipinski definition) is 2. The number of rotatable bonds is 3. The zero-order chi connectivity index (χ0) is 13.9. The second kappa shape index (κ2) is 5.21. The van der Waals surface area contributed by atoms with E-state index in [-0.39, 0.29) is 6.04 Å². The van der Waals surface area contributed by atoms with Crippen molar-refractivity contribution in [1.82, 2.24) is 4.98 Å². The number of para-hydroxylation sites is 1. The van der Waals surface area contributed by atoms with Crippen LogP contribution in [-0.2, 0) is 0 Å². The molecule has 0 saturated heterocycles. The summed E-state index contributed by atoms with van der Waals surface area (Å²) < 4.78 is 0. The summed E-state index contributed by atoms with van der Waals surface area (Å²) in [5.74, 6) is 0.315. The molecule has 0 aliphatic heterocycles. The van der Waals surface area contributed by atoms with Crippen molar-refractivity contribution in [1.29, 1.82) is 0 Å². The number of hydrogen-bond acceptors (Lipinski definition) is 3. The van der Waals surface area contributed by atoms with Gasteiger partial charge in [-0.2, -0.15) is 0 Å². The summed E-state index contributed by atoms with van der Waals surface area (Å²) in [6, 6.07) is 17.5. The molecule has 1 heterocycles. The van der Waals surface area contributed by atoms with E-state index in [2.05, 4.69) is 16.4 Å². The Labute approximate surface area is 117 Å². The van der Waals surface area contributed by atoms with Crippen LogP contribution in [0.3, 0.4) is 0 Å². The summed E-state index contributed by atoms with van der Waals surface area (Å²) in [7, 11) is 0. The Balaban J connectivity index is 1.87. The summed E-state index contributed by atoms with van der Waals surface area (Å²) in [5, 5.41) is 14.4. The molecule has 1 unspecified atom stereocenters. The number of benzene rings is 2. The van der Waals surface area contributed by atoms with Gasteiger partial charge in [0.25, 0.3) is 0 Å². The molecule has 2 N–H and O–H groups in total. The molecule has 3 nitrogen and oxygen atoms in total. The first-order valence-electron chi connectivity index (χ1n) is 6.63. The van der Waals surface area contributed by atoms with Crippen molar-refractivity contribution < 1.29 is 5.11 Å².